The first-order valence-corrected chi connectivity index (χ1v) is 10.4. The van der Waals surface area contributed by atoms with Crippen molar-refractivity contribution in [3.63, 3.8) is 0 Å². The van der Waals surface area contributed by atoms with Crippen molar-refractivity contribution in [1.82, 2.24) is 5.32 Å². The Labute approximate surface area is 186 Å². The van der Waals surface area contributed by atoms with Crippen molar-refractivity contribution in [3.05, 3.63) is 93.5 Å². The Morgan fingerprint density at radius 1 is 0.900 bits per heavy atom. The minimum atomic E-state index is -0.450. The molecule has 0 heterocycles. The first kappa shape index (κ1) is 20.3. The fourth-order valence-electron chi connectivity index (χ4n) is 3.64. The number of fused-ring (bicyclic) bond motifs is 3. The molecule has 30 heavy (non-hydrogen) atoms. The average molecular weight is 436 g/mol. The number of nitrogens with one attached hydrogen (secondary N) is 1. The Hall–Kier alpha value is -2.93. The number of alkyl carbamates (subject to hydrolysis) is 1. The van der Waals surface area contributed by atoms with E-state index in [-0.39, 0.29) is 5.92 Å². The maximum atomic E-state index is 12.1. The van der Waals surface area contributed by atoms with E-state index in [1.807, 2.05) is 24.3 Å². The third-order valence-electron chi connectivity index (χ3n) is 5.04. The molecule has 1 N–H and O–H groups in total. The number of ether oxygens (including phenoxy) is 1. The highest BCUT2D eigenvalue weighted by Gasteiger charge is 2.28. The SMILES string of the molecule is O=C(NCCC#Cc1c(Cl)cccc1Cl)OCC1c2ccccc2-c2ccccc21. The quantitative estimate of drug-likeness (QED) is 0.387. The van der Waals surface area contributed by atoms with Crippen LogP contribution >= 0.6 is 23.2 Å². The van der Waals surface area contributed by atoms with Gasteiger partial charge in [0.15, 0.2) is 0 Å². The molecule has 0 radical (unpaired) electrons. The summed E-state index contributed by atoms with van der Waals surface area (Å²) in [6, 6.07) is 21.8. The van der Waals surface area contributed by atoms with Crippen LogP contribution in [0.5, 0.6) is 0 Å². The van der Waals surface area contributed by atoms with Gasteiger partial charge in [0.1, 0.15) is 6.61 Å². The first-order valence-electron chi connectivity index (χ1n) is 9.67. The molecule has 0 aliphatic heterocycles. The molecular weight excluding hydrogens is 417 g/mol. The number of hydrogen-bond acceptors (Lipinski definition) is 2. The summed E-state index contributed by atoms with van der Waals surface area (Å²) in [4.78, 5) is 12.1. The molecule has 3 aromatic rings. The minimum Gasteiger partial charge on any atom is -0.449 e. The topological polar surface area (TPSA) is 38.3 Å². The second-order valence-electron chi connectivity index (χ2n) is 6.90. The second kappa shape index (κ2) is 9.26. The fraction of sp³-hybridized carbons (Fsp3) is 0.160. The highest BCUT2D eigenvalue weighted by Crippen LogP contribution is 2.44. The monoisotopic (exact) mass is 435 g/mol. The van der Waals surface area contributed by atoms with Crippen LogP contribution in [0.1, 0.15) is 29.0 Å². The van der Waals surface area contributed by atoms with Crippen LogP contribution in [0.15, 0.2) is 66.7 Å². The lowest BCUT2D eigenvalue weighted by atomic mass is 9.98. The number of benzene rings is 3. The maximum absolute atomic E-state index is 12.1. The van der Waals surface area contributed by atoms with Crippen molar-refractivity contribution in [2.45, 2.75) is 12.3 Å². The molecule has 0 saturated heterocycles. The van der Waals surface area contributed by atoms with Gasteiger partial charge < -0.3 is 10.1 Å². The summed E-state index contributed by atoms with van der Waals surface area (Å²) in [5.41, 5.74) is 5.39. The normalized spacial score (nSPS) is 11.8. The average Bonchev–Trinajstić information content (AvgIpc) is 3.08. The molecule has 1 aliphatic carbocycles. The van der Waals surface area contributed by atoms with E-state index in [4.69, 9.17) is 27.9 Å². The predicted molar refractivity (Wildman–Crippen MR) is 121 cm³/mol. The molecule has 0 atom stereocenters. The van der Waals surface area contributed by atoms with Gasteiger partial charge in [0, 0.05) is 18.9 Å². The van der Waals surface area contributed by atoms with E-state index in [0.717, 1.165) is 0 Å². The zero-order valence-electron chi connectivity index (χ0n) is 16.1. The molecule has 0 fully saturated rings. The Bertz CT molecular complexity index is 1080. The summed E-state index contributed by atoms with van der Waals surface area (Å²) < 4.78 is 5.50. The summed E-state index contributed by atoms with van der Waals surface area (Å²) in [5.74, 6) is 5.97. The molecule has 0 saturated carbocycles. The molecule has 3 aromatic carbocycles. The third kappa shape index (κ3) is 4.31. The Balaban J connectivity index is 1.31. The Morgan fingerprint density at radius 2 is 1.50 bits per heavy atom. The van der Waals surface area contributed by atoms with E-state index in [2.05, 4.69) is 41.4 Å². The van der Waals surface area contributed by atoms with Gasteiger partial charge in [-0.1, -0.05) is 89.6 Å². The summed E-state index contributed by atoms with van der Waals surface area (Å²) in [5, 5.41) is 3.77. The van der Waals surface area contributed by atoms with Crippen LogP contribution in [-0.2, 0) is 4.74 Å². The van der Waals surface area contributed by atoms with Gasteiger partial charge >= 0.3 is 6.09 Å². The van der Waals surface area contributed by atoms with Crippen LogP contribution in [0, 0.1) is 11.8 Å². The number of carbonyl (C=O) groups is 1. The largest absolute Gasteiger partial charge is 0.449 e. The third-order valence-corrected chi connectivity index (χ3v) is 5.67. The van der Waals surface area contributed by atoms with Crippen molar-refractivity contribution >= 4 is 29.3 Å². The lowest BCUT2D eigenvalue weighted by Crippen LogP contribution is -2.26. The standard InChI is InChI=1S/C25H19Cl2NO2/c26-23-13-7-14-24(27)21(23)12-5-6-15-28-25(29)30-16-22-19-10-3-1-8-17(19)18-9-2-4-11-20(18)22/h1-4,7-11,13-14,22H,6,15-16H2,(H,28,29). The fourth-order valence-corrected chi connectivity index (χ4v) is 4.14. The lowest BCUT2D eigenvalue weighted by molar-refractivity contribution is 0.143. The predicted octanol–water partition coefficient (Wildman–Crippen LogP) is 6.27. The van der Waals surface area contributed by atoms with Crippen LogP contribution in [-0.4, -0.2) is 19.2 Å². The van der Waals surface area contributed by atoms with Crippen LogP contribution in [0.3, 0.4) is 0 Å². The molecule has 1 aliphatic rings. The van der Waals surface area contributed by atoms with Crippen LogP contribution in [0.25, 0.3) is 11.1 Å². The van der Waals surface area contributed by atoms with E-state index in [0.29, 0.717) is 35.2 Å². The van der Waals surface area contributed by atoms with Gasteiger partial charge in [0.25, 0.3) is 0 Å². The van der Waals surface area contributed by atoms with Gasteiger partial charge in [-0.05, 0) is 34.4 Å². The highest BCUT2D eigenvalue weighted by molar-refractivity contribution is 6.36. The maximum Gasteiger partial charge on any atom is 0.407 e. The van der Waals surface area contributed by atoms with Gasteiger partial charge in [-0.2, -0.15) is 0 Å². The van der Waals surface area contributed by atoms with E-state index in [1.54, 1.807) is 18.2 Å². The highest BCUT2D eigenvalue weighted by atomic mass is 35.5. The molecule has 0 bridgehead atoms. The zero-order valence-corrected chi connectivity index (χ0v) is 17.6. The summed E-state index contributed by atoms with van der Waals surface area (Å²) >= 11 is 12.2. The molecule has 0 unspecified atom stereocenters. The Morgan fingerprint density at radius 3 is 2.13 bits per heavy atom. The van der Waals surface area contributed by atoms with E-state index >= 15 is 0 Å². The number of halogens is 2. The molecule has 0 aromatic heterocycles. The Kier molecular flexibility index (Phi) is 6.28. The van der Waals surface area contributed by atoms with Crippen molar-refractivity contribution in [2.75, 3.05) is 13.2 Å². The number of hydrogen-bond donors (Lipinski definition) is 1. The van der Waals surface area contributed by atoms with Crippen LogP contribution < -0.4 is 5.32 Å². The van der Waals surface area contributed by atoms with Crippen LogP contribution in [0.4, 0.5) is 4.79 Å². The van der Waals surface area contributed by atoms with Gasteiger partial charge in [-0.15, -0.1) is 0 Å². The number of amides is 1. The zero-order chi connectivity index (χ0) is 20.9. The number of rotatable bonds is 4. The van der Waals surface area contributed by atoms with E-state index in [9.17, 15) is 4.79 Å². The van der Waals surface area contributed by atoms with E-state index in [1.165, 1.54) is 22.3 Å². The molecule has 1 amide bonds. The van der Waals surface area contributed by atoms with Crippen molar-refractivity contribution in [3.8, 4) is 23.0 Å². The molecule has 150 valence electrons. The molecule has 0 spiro atoms. The second-order valence-corrected chi connectivity index (χ2v) is 7.72. The van der Waals surface area contributed by atoms with Gasteiger partial charge in [-0.3, -0.25) is 0 Å². The van der Waals surface area contributed by atoms with E-state index < -0.39 is 6.09 Å². The molecule has 4 rings (SSSR count). The first-order chi connectivity index (χ1) is 14.6. The van der Waals surface area contributed by atoms with Crippen molar-refractivity contribution < 1.29 is 9.53 Å². The smallest absolute Gasteiger partial charge is 0.407 e. The van der Waals surface area contributed by atoms with Crippen LogP contribution in [0.2, 0.25) is 10.0 Å². The van der Waals surface area contributed by atoms with Crippen molar-refractivity contribution in [2.24, 2.45) is 0 Å². The molecular formula is C25H19Cl2NO2. The van der Waals surface area contributed by atoms with Gasteiger partial charge in [0.2, 0.25) is 0 Å². The summed E-state index contributed by atoms with van der Waals surface area (Å²) in [6.45, 7) is 0.673. The van der Waals surface area contributed by atoms with Gasteiger partial charge in [0.05, 0.1) is 15.6 Å². The van der Waals surface area contributed by atoms with Gasteiger partial charge in [-0.25, -0.2) is 4.79 Å². The summed E-state index contributed by atoms with van der Waals surface area (Å²) in [7, 11) is 0. The summed E-state index contributed by atoms with van der Waals surface area (Å²) in [6.07, 6.45) is 0.0144. The number of carbonyl (C=O) groups excluding carboxylic acids is 1. The van der Waals surface area contributed by atoms with Crippen molar-refractivity contribution in [1.29, 1.82) is 0 Å². The molecule has 5 heteroatoms. The molecule has 3 nitrogen and oxygen atoms in total. The lowest BCUT2D eigenvalue weighted by Gasteiger charge is -2.14. The minimum absolute atomic E-state index is 0.0466.